The number of nitrogens with zero attached hydrogens (tertiary/aromatic N) is 1. The first-order valence-corrected chi connectivity index (χ1v) is 7.98. The third-order valence-electron chi connectivity index (χ3n) is 3.78. The van der Waals surface area contributed by atoms with Gasteiger partial charge in [-0.25, -0.2) is 0 Å². The molecule has 4 heteroatoms. The molecule has 1 aromatic carbocycles. The first-order valence-electron chi connectivity index (χ1n) is 7.98. The van der Waals surface area contributed by atoms with Gasteiger partial charge in [0.15, 0.2) is 0 Å². The van der Waals surface area contributed by atoms with Crippen molar-refractivity contribution in [2.45, 2.75) is 53.9 Å². The lowest BCUT2D eigenvalue weighted by molar-refractivity contribution is -0.129. The van der Waals surface area contributed by atoms with Crippen molar-refractivity contribution in [1.29, 1.82) is 0 Å². The molecule has 0 fully saturated rings. The van der Waals surface area contributed by atoms with Gasteiger partial charge in [0.2, 0.25) is 11.8 Å². The van der Waals surface area contributed by atoms with Crippen LogP contribution in [0, 0.1) is 20.8 Å². The second-order valence-corrected chi connectivity index (χ2v) is 5.93. The van der Waals surface area contributed by atoms with Crippen LogP contribution in [0.2, 0.25) is 0 Å². The van der Waals surface area contributed by atoms with E-state index in [1.165, 1.54) is 5.56 Å². The van der Waals surface area contributed by atoms with Gasteiger partial charge in [-0.05, 0) is 38.3 Å². The lowest BCUT2D eigenvalue weighted by atomic mass is 10.0. The molecule has 0 unspecified atom stereocenters. The molecule has 0 aliphatic carbocycles. The number of aryl methyl sites for hydroxylation is 3. The summed E-state index contributed by atoms with van der Waals surface area (Å²) in [6.45, 7) is 10.9. The fourth-order valence-corrected chi connectivity index (χ4v) is 2.59. The Morgan fingerprint density at radius 1 is 1.09 bits per heavy atom. The number of nitrogens with one attached hydrogen (secondary N) is 1. The molecule has 0 aliphatic rings. The van der Waals surface area contributed by atoms with Gasteiger partial charge in [0.1, 0.15) is 0 Å². The standard InChI is InChI=1S/C18H28N2O2/c1-6-7-9-20(16(5)21)10-8-17(22)19-18-14(3)11-13(2)12-15(18)4/h11-12H,6-10H2,1-5H3,(H,19,22). The van der Waals surface area contributed by atoms with Gasteiger partial charge in [-0.2, -0.15) is 0 Å². The Bertz CT molecular complexity index is 515. The summed E-state index contributed by atoms with van der Waals surface area (Å²) in [5, 5.41) is 2.98. The molecule has 0 atom stereocenters. The van der Waals surface area contributed by atoms with E-state index >= 15 is 0 Å². The summed E-state index contributed by atoms with van der Waals surface area (Å²) in [7, 11) is 0. The minimum absolute atomic E-state index is 0.0314. The normalized spacial score (nSPS) is 10.4. The fraction of sp³-hybridized carbons (Fsp3) is 0.556. The zero-order valence-corrected chi connectivity index (χ0v) is 14.5. The number of hydrogen-bond donors (Lipinski definition) is 1. The Hall–Kier alpha value is -1.84. The number of hydrogen-bond acceptors (Lipinski definition) is 2. The minimum atomic E-state index is -0.0437. The summed E-state index contributed by atoms with van der Waals surface area (Å²) in [5.74, 6) is -0.0123. The van der Waals surface area contributed by atoms with Crippen molar-refractivity contribution in [1.82, 2.24) is 4.90 Å². The summed E-state index contributed by atoms with van der Waals surface area (Å²) < 4.78 is 0. The van der Waals surface area contributed by atoms with Gasteiger partial charge in [-0.3, -0.25) is 9.59 Å². The highest BCUT2D eigenvalue weighted by molar-refractivity contribution is 5.92. The van der Waals surface area contributed by atoms with E-state index in [0.717, 1.165) is 36.2 Å². The highest BCUT2D eigenvalue weighted by Gasteiger charge is 2.12. The molecule has 0 bridgehead atoms. The second kappa shape index (κ2) is 8.57. The molecule has 1 N–H and O–H groups in total. The molecule has 0 saturated carbocycles. The average molecular weight is 304 g/mol. The van der Waals surface area contributed by atoms with Crippen LogP contribution < -0.4 is 5.32 Å². The van der Waals surface area contributed by atoms with Gasteiger partial charge >= 0.3 is 0 Å². The van der Waals surface area contributed by atoms with Crippen molar-refractivity contribution < 1.29 is 9.59 Å². The molecule has 22 heavy (non-hydrogen) atoms. The quantitative estimate of drug-likeness (QED) is 0.837. The highest BCUT2D eigenvalue weighted by atomic mass is 16.2. The van der Waals surface area contributed by atoms with Crippen LogP contribution in [0.1, 0.15) is 49.8 Å². The maximum absolute atomic E-state index is 12.2. The van der Waals surface area contributed by atoms with Crippen molar-refractivity contribution >= 4 is 17.5 Å². The molecule has 122 valence electrons. The molecule has 0 spiro atoms. The number of carbonyl (C=O) groups is 2. The van der Waals surface area contributed by atoms with Crippen molar-refractivity contribution in [3.05, 3.63) is 28.8 Å². The van der Waals surface area contributed by atoms with Crippen LogP contribution in [-0.4, -0.2) is 29.8 Å². The third-order valence-corrected chi connectivity index (χ3v) is 3.78. The number of unbranched alkanes of at least 4 members (excludes halogenated alkanes) is 1. The fourth-order valence-electron chi connectivity index (χ4n) is 2.59. The SMILES string of the molecule is CCCCN(CCC(=O)Nc1c(C)cc(C)cc1C)C(C)=O. The number of carbonyl (C=O) groups excluding carboxylic acids is 2. The van der Waals surface area contributed by atoms with Gasteiger partial charge in [-0.1, -0.05) is 31.0 Å². The van der Waals surface area contributed by atoms with Crippen LogP contribution in [0.15, 0.2) is 12.1 Å². The minimum Gasteiger partial charge on any atom is -0.342 e. The Kier molecular flexibility index (Phi) is 7.09. The predicted molar refractivity (Wildman–Crippen MR) is 91.1 cm³/mol. The van der Waals surface area contributed by atoms with Crippen LogP contribution in [0.4, 0.5) is 5.69 Å². The molecular weight excluding hydrogens is 276 g/mol. The van der Waals surface area contributed by atoms with E-state index in [0.29, 0.717) is 13.0 Å². The second-order valence-electron chi connectivity index (χ2n) is 5.93. The average Bonchev–Trinajstić information content (AvgIpc) is 2.42. The summed E-state index contributed by atoms with van der Waals surface area (Å²) in [6, 6.07) is 4.12. The predicted octanol–water partition coefficient (Wildman–Crippen LogP) is 3.59. The molecule has 1 rings (SSSR count). The van der Waals surface area contributed by atoms with Crippen molar-refractivity contribution in [3.63, 3.8) is 0 Å². The van der Waals surface area contributed by atoms with Crippen LogP contribution in [0.25, 0.3) is 0 Å². The van der Waals surface area contributed by atoms with Crippen molar-refractivity contribution in [2.75, 3.05) is 18.4 Å². The number of rotatable bonds is 7. The van der Waals surface area contributed by atoms with Gasteiger partial charge in [-0.15, -0.1) is 0 Å². The Morgan fingerprint density at radius 2 is 1.68 bits per heavy atom. The van der Waals surface area contributed by atoms with E-state index in [9.17, 15) is 9.59 Å². The molecule has 0 radical (unpaired) electrons. The maximum atomic E-state index is 12.2. The van der Waals surface area contributed by atoms with Crippen molar-refractivity contribution in [2.24, 2.45) is 0 Å². The molecular formula is C18H28N2O2. The number of benzene rings is 1. The molecule has 1 aromatic rings. The Balaban J connectivity index is 2.61. The van der Waals surface area contributed by atoms with Crippen molar-refractivity contribution in [3.8, 4) is 0 Å². The Morgan fingerprint density at radius 3 is 2.18 bits per heavy atom. The zero-order chi connectivity index (χ0) is 16.7. The van der Waals surface area contributed by atoms with Gasteiger partial charge in [0, 0.05) is 32.1 Å². The van der Waals surface area contributed by atoms with E-state index in [4.69, 9.17) is 0 Å². The van der Waals surface area contributed by atoms with E-state index in [1.807, 2.05) is 20.8 Å². The third kappa shape index (κ3) is 5.51. The number of anilines is 1. The monoisotopic (exact) mass is 304 g/mol. The smallest absolute Gasteiger partial charge is 0.226 e. The first kappa shape index (κ1) is 18.2. The van der Waals surface area contributed by atoms with Crippen LogP contribution in [-0.2, 0) is 9.59 Å². The van der Waals surface area contributed by atoms with E-state index in [2.05, 4.69) is 24.4 Å². The van der Waals surface area contributed by atoms with Crippen LogP contribution in [0.5, 0.6) is 0 Å². The summed E-state index contributed by atoms with van der Waals surface area (Å²) in [4.78, 5) is 25.5. The van der Waals surface area contributed by atoms with Crippen LogP contribution >= 0.6 is 0 Å². The summed E-state index contributed by atoms with van der Waals surface area (Å²) in [5.41, 5.74) is 4.22. The molecule has 0 heterocycles. The van der Waals surface area contributed by atoms with Crippen LogP contribution in [0.3, 0.4) is 0 Å². The Labute approximate surface area is 133 Å². The molecule has 0 aromatic heterocycles. The molecule has 4 nitrogen and oxygen atoms in total. The summed E-state index contributed by atoms with van der Waals surface area (Å²) in [6.07, 6.45) is 2.34. The molecule has 0 saturated heterocycles. The van der Waals surface area contributed by atoms with E-state index in [1.54, 1.807) is 11.8 Å². The van der Waals surface area contributed by atoms with E-state index < -0.39 is 0 Å². The zero-order valence-electron chi connectivity index (χ0n) is 14.5. The number of amides is 2. The lowest BCUT2D eigenvalue weighted by Gasteiger charge is -2.21. The van der Waals surface area contributed by atoms with Gasteiger partial charge in [0.05, 0.1) is 0 Å². The maximum Gasteiger partial charge on any atom is 0.226 e. The highest BCUT2D eigenvalue weighted by Crippen LogP contribution is 2.22. The van der Waals surface area contributed by atoms with E-state index in [-0.39, 0.29) is 11.8 Å². The summed E-state index contributed by atoms with van der Waals surface area (Å²) >= 11 is 0. The molecule has 2 amide bonds. The first-order chi connectivity index (χ1) is 10.3. The topological polar surface area (TPSA) is 49.4 Å². The van der Waals surface area contributed by atoms with Gasteiger partial charge < -0.3 is 10.2 Å². The largest absolute Gasteiger partial charge is 0.342 e. The lowest BCUT2D eigenvalue weighted by Crippen LogP contribution is -2.33. The van der Waals surface area contributed by atoms with Gasteiger partial charge in [0.25, 0.3) is 0 Å². The molecule has 0 aliphatic heterocycles.